The molecule has 1 amide bonds. The zero-order valence-corrected chi connectivity index (χ0v) is 21.2. The Labute approximate surface area is 219 Å². The van der Waals surface area contributed by atoms with Gasteiger partial charge < -0.3 is 10.1 Å². The maximum absolute atomic E-state index is 12.8. The van der Waals surface area contributed by atoms with E-state index < -0.39 is 6.09 Å². The van der Waals surface area contributed by atoms with Crippen LogP contribution in [0.5, 0.6) is 0 Å². The lowest BCUT2D eigenvalue weighted by Gasteiger charge is -2.20. The first-order valence-electron chi connectivity index (χ1n) is 11.7. The molecule has 1 atom stereocenters. The number of ether oxygens (including phenoxy) is 1. The Balaban J connectivity index is 1.30. The van der Waals surface area contributed by atoms with E-state index in [0.717, 1.165) is 21.6 Å². The molecule has 4 aromatic rings. The van der Waals surface area contributed by atoms with Gasteiger partial charge in [0.25, 0.3) is 0 Å². The maximum atomic E-state index is 12.8. The van der Waals surface area contributed by atoms with Gasteiger partial charge in [0.05, 0.1) is 11.1 Å². The molecule has 0 bridgehead atoms. The smallest absolute Gasteiger partial charge is 0.407 e. The summed E-state index contributed by atoms with van der Waals surface area (Å²) in [4.78, 5) is 25.9. The van der Waals surface area contributed by atoms with Crippen LogP contribution in [0, 0.1) is 0 Å². The van der Waals surface area contributed by atoms with Gasteiger partial charge in [0.2, 0.25) is 0 Å². The van der Waals surface area contributed by atoms with E-state index >= 15 is 0 Å². The summed E-state index contributed by atoms with van der Waals surface area (Å²) in [5.74, 6) is -0.00409. The summed E-state index contributed by atoms with van der Waals surface area (Å²) in [6.45, 7) is 2.14. The van der Waals surface area contributed by atoms with Crippen molar-refractivity contribution in [2.45, 2.75) is 28.7 Å². The zero-order valence-electron chi connectivity index (χ0n) is 19.6. The minimum Gasteiger partial charge on any atom is -0.449 e. The van der Waals surface area contributed by atoms with Crippen molar-refractivity contribution in [3.63, 3.8) is 0 Å². The minimum atomic E-state index is -0.492. The molecule has 1 aliphatic rings. The predicted molar refractivity (Wildman–Crippen MR) is 144 cm³/mol. The van der Waals surface area contributed by atoms with Crippen LogP contribution < -0.4 is 5.32 Å². The average Bonchev–Trinajstić information content (AvgIpc) is 3.22. The summed E-state index contributed by atoms with van der Waals surface area (Å²) in [6.07, 6.45) is 0.339. The number of aldehydes is 1. The van der Waals surface area contributed by atoms with Crippen molar-refractivity contribution in [1.82, 2.24) is 5.32 Å². The molecule has 0 radical (unpaired) electrons. The van der Waals surface area contributed by atoms with E-state index in [4.69, 9.17) is 16.3 Å². The first-order valence-corrected chi connectivity index (χ1v) is 12.9. The van der Waals surface area contributed by atoms with Crippen LogP contribution in [0.25, 0.3) is 11.1 Å². The van der Waals surface area contributed by atoms with E-state index in [0.29, 0.717) is 10.6 Å². The molecule has 1 unspecified atom stereocenters. The Morgan fingerprint density at radius 2 is 1.58 bits per heavy atom. The van der Waals surface area contributed by atoms with Crippen molar-refractivity contribution >= 4 is 35.7 Å². The Morgan fingerprint density at radius 1 is 0.944 bits per heavy atom. The minimum absolute atomic E-state index is 0.00409. The summed E-state index contributed by atoms with van der Waals surface area (Å²) in [6, 6.07) is 29.1. The quantitative estimate of drug-likeness (QED) is 0.255. The highest BCUT2D eigenvalue weighted by atomic mass is 35.5. The van der Waals surface area contributed by atoms with E-state index in [9.17, 15) is 9.59 Å². The molecule has 0 saturated carbocycles. The van der Waals surface area contributed by atoms with E-state index in [-0.39, 0.29) is 18.6 Å². The molecule has 1 aliphatic carbocycles. The molecule has 0 spiro atoms. The third-order valence-electron chi connectivity index (χ3n) is 6.40. The molecule has 0 fully saturated rings. The van der Waals surface area contributed by atoms with Crippen LogP contribution in [-0.4, -0.2) is 19.0 Å². The third-order valence-corrected chi connectivity index (χ3v) is 8.08. The fourth-order valence-electron chi connectivity index (χ4n) is 4.65. The van der Waals surface area contributed by atoms with Gasteiger partial charge in [0.1, 0.15) is 6.61 Å². The monoisotopic (exact) mass is 513 g/mol. The number of benzene rings is 4. The van der Waals surface area contributed by atoms with Crippen molar-refractivity contribution in [3.05, 3.63) is 118 Å². The number of fused-ring (bicyclic) bond motifs is 3. The second-order valence-corrected chi connectivity index (χ2v) is 10.1. The van der Waals surface area contributed by atoms with E-state index in [1.807, 2.05) is 61.5 Å². The van der Waals surface area contributed by atoms with E-state index in [2.05, 4.69) is 29.6 Å². The first-order chi connectivity index (χ1) is 17.6. The fourth-order valence-corrected chi connectivity index (χ4v) is 6.08. The molecule has 1 N–H and O–H groups in total. The number of hydrogen-bond acceptors (Lipinski definition) is 4. The number of rotatable bonds is 7. The van der Waals surface area contributed by atoms with Gasteiger partial charge in [0.15, 0.2) is 6.29 Å². The summed E-state index contributed by atoms with van der Waals surface area (Å²) in [5, 5.41) is 3.50. The number of carbonyl (C=O) groups excluding carboxylic acids is 2. The number of nitrogens with one attached hydrogen (secondary N) is 1. The molecule has 4 nitrogen and oxygen atoms in total. The van der Waals surface area contributed by atoms with Crippen molar-refractivity contribution in [1.29, 1.82) is 0 Å². The van der Waals surface area contributed by atoms with Crippen LogP contribution in [0.1, 0.15) is 45.9 Å². The molecule has 4 aromatic carbocycles. The molecule has 0 heterocycles. The second-order valence-electron chi connectivity index (χ2n) is 8.61. The van der Waals surface area contributed by atoms with Crippen LogP contribution in [0.15, 0.2) is 101 Å². The van der Waals surface area contributed by atoms with Crippen molar-refractivity contribution in [2.75, 3.05) is 6.61 Å². The Kier molecular flexibility index (Phi) is 7.12. The van der Waals surface area contributed by atoms with Crippen molar-refractivity contribution in [2.24, 2.45) is 0 Å². The molecule has 5 rings (SSSR count). The molecule has 180 valence electrons. The van der Waals surface area contributed by atoms with Gasteiger partial charge in [-0.1, -0.05) is 102 Å². The van der Waals surface area contributed by atoms with Crippen LogP contribution >= 0.6 is 23.4 Å². The number of alkyl carbamates (subject to hydrolysis) is 1. The third kappa shape index (κ3) is 4.77. The lowest BCUT2D eigenvalue weighted by molar-refractivity contribution is 0.112. The van der Waals surface area contributed by atoms with Gasteiger partial charge in [-0.3, -0.25) is 4.79 Å². The van der Waals surface area contributed by atoms with Crippen LogP contribution in [0.3, 0.4) is 0 Å². The highest BCUT2D eigenvalue weighted by Crippen LogP contribution is 2.44. The Hall–Kier alpha value is -3.54. The maximum Gasteiger partial charge on any atom is 0.407 e. The molecule has 0 aromatic heterocycles. The SMILES string of the molecule is CC(NC(=O)OCC1c2ccccc2-c2ccccc21)c1cccc(Cl)c1Sc1ccccc1C=O. The molecular weight excluding hydrogens is 490 g/mol. The Bertz CT molecular complexity index is 1390. The summed E-state index contributed by atoms with van der Waals surface area (Å²) >= 11 is 7.96. The summed E-state index contributed by atoms with van der Waals surface area (Å²) in [7, 11) is 0. The number of halogens is 1. The summed E-state index contributed by atoms with van der Waals surface area (Å²) in [5.41, 5.74) is 6.15. The standard InChI is InChI=1S/C30H24ClNO3S/c1-19(21-14-8-15-27(31)29(21)36-28-16-7-2-9-20(28)17-33)32-30(34)35-18-26-24-12-5-3-10-22(24)23-11-4-6-13-25(23)26/h2-17,19,26H,18H2,1H3,(H,32,34). The lowest BCUT2D eigenvalue weighted by atomic mass is 9.98. The van der Waals surface area contributed by atoms with Gasteiger partial charge >= 0.3 is 6.09 Å². The number of hydrogen-bond donors (Lipinski definition) is 1. The van der Waals surface area contributed by atoms with Gasteiger partial charge in [-0.05, 0) is 46.9 Å². The van der Waals surface area contributed by atoms with Crippen LogP contribution in [0.2, 0.25) is 5.02 Å². The molecule has 6 heteroatoms. The van der Waals surface area contributed by atoms with Crippen LogP contribution in [-0.2, 0) is 4.74 Å². The molecule has 0 aliphatic heterocycles. The fraction of sp³-hybridized carbons (Fsp3) is 0.133. The van der Waals surface area contributed by atoms with E-state index in [1.54, 1.807) is 12.1 Å². The lowest BCUT2D eigenvalue weighted by Crippen LogP contribution is -2.29. The van der Waals surface area contributed by atoms with Gasteiger partial charge in [-0.15, -0.1) is 0 Å². The number of carbonyl (C=O) groups is 2. The summed E-state index contributed by atoms with van der Waals surface area (Å²) < 4.78 is 5.72. The first kappa shape index (κ1) is 24.2. The average molecular weight is 514 g/mol. The molecule has 0 saturated heterocycles. The molecule has 36 heavy (non-hydrogen) atoms. The highest BCUT2D eigenvalue weighted by Gasteiger charge is 2.29. The van der Waals surface area contributed by atoms with Crippen molar-refractivity contribution < 1.29 is 14.3 Å². The van der Waals surface area contributed by atoms with Crippen molar-refractivity contribution in [3.8, 4) is 11.1 Å². The van der Waals surface area contributed by atoms with Gasteiger partial charge in [-0.2, -0.15) is 0 Å². The molecular formula is C30H24ClNO3S. The largest absolute Gasteiger partial charge is 0.449 e. The number of amides is 1. The predicted octanol–water partition coefficient (Wildman–Crippen LogP) is 7.90. The normalized spacial score (nSPS) is 12.9. The second kappa shape index (κ2) is 10.6. The van der Waals surface area contributed by atoms with Gasteiger partial charge in [0, 0.05) is 21.3 Å². The zero-order chi connectivity index (χ0) is 25.1. The van der Waals surface area contributed by atoms with Crippen LogP contribution in [0.4, 0.5) is 4.79 Å². The Morgan fingerprint density at radius 3 is 2.28 bits per heavy atom. The van der Waals surface area contributed by atoms with Gasteiger partial charge in [-0.25, -0.2) is 4.79 Å². The van der Waals surface area contributed by atoms with E-state index in [1.165, 1.54) is 34.0 Å². The highest BCUT2D eigenvalue weighted by molar-refractivity contribution is 7.99. The topological polar surface area (TPSA) is 55.4 Å².